The first-order chi connectivity index (χ1) is 18.8. The second-order valence-electron chi connectivity index (χ2n) is 11.0. The zero-order valence-electron chi connectivity index (χ0n) is 23.7. The van der Waals surface area contributed by atoms with Gasteiger partial charge in [0.2, 0.25) is 0 Å². The average Bonchev–Trinajstić information content (AvgIpc) is 3.25. The van der Waals surface area contributed by atoms with Gasteiger partial charge in [0.1, 0.15) is 11.5 Å². The SMILES string of the molecule is C.CC(=O)O[C@@H](CC(=O)O[C@@H](C)C(=O)OC1=CC[C@@]2(O)[C@@H](C)N(C)CC[C@@]23c2c(C)ccc(CO)c2O[C@@H]13)C(C)=O. The van der Waals surface area contributed by atoms with Gasteiger partial charge in [-0.2, -0.15) is 0 Å². The Balaban J connectivity index is 0.00000462. The van der Waals surface area contributed by atoms with Crippen LogP contribution in [0.5, 0.6) is 5.75 Å². The van der Waals surface area contributed by atoms with Gasteiger partial charge in [-0.15, -0.1) is 0 Å². The van der Waals surface area contributed by atoms with E-state index in [2.05, 4.69) is 4.90 Å². The van der Waals surface area contributed by atoms with Crippen LogP contribution in [0.25, 0.3) is 0 Å². The van der Waals surface area contributed by atoms with Gasteiger partial charge >= 0.3 is 17.9 Å². The first kappa shape index (κ1) is 32.2. The van der Waals surface area contributed by atoms with Crippen LogP contribution < -0.4 is 4.74 Å². The Labute approximate surface area is 240 Å². The highest BCUT2D eigenvalue weighted by Gasteiger charge is 2.69. The summed E-state index contributed by atoms with van der Waals surface area (Å²) < 4.78 is 22.2. The number of carbonyl (C=O) groups excluding carboxylic acids is 4. The summed E-state index contributed by atoms with van der Waals surface area (Å²) in [5.41, 5.74) is 0.0493. The van der Waals surface area contributed by atoms with Crippen molar-refractivity contribution < 1.29 is 48.3 Å². The zero-order chi connectivity index (χ0) is 29.6. The monoisotopic (exact) mass is 575 g/mol. The number of aliphatic hydroxyl groups is 2. The summed E-state index contributed by atoms with van der Waals surface area (Å²) in [6, 6.07) is 3.42. The van der Waals surface area contributed by atoms with Crippen LogP contribution in [0.3, 0.4) is 0 Å². The Hall–Kier alpha value is -3.28. The van der Waals surface area contributed by atoms with Crippen LogP contribution in [0.4, 0.5) is 0 Å². The van der Waals surface area contributed by atoms with E-state index in [1.807, 2.05) is 27.0 Å². The molecule has 6 atom stereocenters. The van der Waals surface area contributed by atoms with Crippen molar-refractivity contribution in [3.8, 4) is 5.75 Å². The van der Waals surface area contributed by atoms with E-state index in [0.29, 0.717) is 24.3 Å². The number of aryl methyl sites for hydroxylation is 1. The summed E-state index contributed by atoms with van der Waals surface area (Å²) in [4.78, 5) is 50.5. The van der Waals surface area contributed by atoms with Gasteiger partial charge < -0.3 is 34.1 Å². The summed E-state index contributed by atoms with van der Waals surface area (Å²) in [6.07, 6.45) is -1.72. The Bertz CT molecular complexity index is 1260. The Morgan fingerprint density at radius 2 is 1.88 bits per heavy atom. The lowest BCUT2D eigenvalue weighted by atomic mass is 9.54. The average molecular weight is 576 g/mol. The van der Waals surface area contributed by atoms with Crippen molar-refractivity contribution in [3.05, 3.63) is 40.7 Å². The van der Waals surface area contributed by atoms with Crippen LogP contribution in [0.1, 0.15) is 71.1 Å². The molecule has 0 saturated carbocycles. The third-order valence-corrected chi connectivity index (χ3v) is 8.58. The van der Waals surface area contributed by atoms with Crippen molar-refractivity contribution in [2.75, 3.05) is 13.6 Å². The van der Waals surface area contributed by atoms with Gasteiger partial charge in [0.15, 0.2) is 24.1 Å². The molecule has 41 heavy (non-hydrogen) atoms. The van der Waals surface area contributed by atoms with Gasteiger partial charge in [0, 0.05) is 30.5 Å². The standard InChI is InChI=1S/C29H37NO10.CH4/c1-15-7-8-20(14-31)25-24(15)28-11-12-30(6)18(4)29(28,36)10-9-21(26(28)40-25)39-27(35)17(3)37-23(34)13-22(16(2)32)38-19(5)33;/h7-9,17-18,22,26,31,36H,10-14H2,1-6H3;1H4/t17-,18+,22-,26-,28-,29+;/m0./s1. The number of ketones is 1. The lowest BCUT2D eigenvalue weighted by Gasteiger charge is -2.58. The minimum Gasteiger partial charge on any atom is -0.481 e. The van der Waals surface area contributed by atoms with Crippen LogP contribution >= 0.6 is 0 Å². The van der Waals surface area contributed by atoms with Crippen LogP contribution in [0, 0.1) is 6.92 Å². The van der Waals surface area contributed by atoms with E-state index in [1.54, 1.807) is 12.1 Å². The van der Waals surface area contributed by atoms with Gasteiger partial charge in [0.05, 0.1) is 24.0 Å². The number of rotatable bonds is 8. The van der Waals surface area contributed by atoms with Gasteiger partial charge in [-0.05, 0) is 59.3 Å². The van der Waals surface area contributed by atoms with Crippen LogP contribution in [-0.4, -0.2) is 82.4 Å². The largest absolute Gasteiger partial charge is 0.481 e. The molecule has 0 bridgehead atoms. The molecule has 1 fully saturated rings. The molecule has 1 saturated heterocycles. The normalized spacial score (nSPS) is 27.9. The van der Waals surface area contributed by atoms with E-state index in [-0.39, 0.29) is 32.3 Å². The molecule has 2 aliphatic heterocycles. The topological polar surface area (TPSA) is 149 Å². The number of ether oxygens (including phenoxy) is 4. The maximum atomic E-state index is 13.1. The van der Waals surface area contributed by atoms with Gasteiger partial charge in [-0.25, -0.2) is 4.79 Å². The fraction of sp³-hybridized carbons (Fsp3) is 0.600. The van der Waals surface area contributed by atoms with E-state index in [4.69, 9.17) is 18.9 Å². The van der Waals surface area contributed by atoms with E-state index in [1.165, 1.54) is 13.8 Å². The number of esters is 3. The number of likely N-dealkylation sites (N-methyl/N-ethyl adjacent to an activating group) is 1. The molecule has 226 valence electrons. The maximum Gasteiger partial charge on any atom is 0.352 e. The molecule has 0 unspecified atom stereocenters. The van der Waals surface area contributed by atoms with E-state index in [0.717, 1.165) is 18.1 Å². The van der Waals surface area contributed by atoms with Crippen molar-refractivity contribution in [1.29, 1.82) is 0 Å². The fourth-order valence-electron chi connectivity index (χ4n) is 6.31. The highest BCUT2D eigenvalue weighted by atomic mass is 16.6. The molecular weight excluding hydrogens is 534 g/mol. The molecule has 2 heterocycles. The smallest absolute Gasteiger partial charge is 0.352 e. The Morgan fingerprint density at radius 3 is 2.49 bits per heavy atom. The number of likely N-dealkylation sites (tertiary alicyclic amines) is 1. The quantitative estimate of drug-likeness (QED) is 0.347. The molecule has 0 radical (unpaired) electrons. The minimum absolute atomic E-state index is 0. The predicted molar refractivity (Wildman–Crippen MR) is 147 cm³/mol. The molecule has 3 aliphatic rings. The number of benzene rings is 1. The number of nitrogens with zero attached hydrogens (tertiary/aromatic N) is 1. The predicted octanol–water partition coefficient (Wildman–Crippen LogP) is 2.25. The van der Waals surface area contributed by atoms with E-state index in [9.17, 15) is 29.4 Å². The Kier molecular flexibility index (Phi) is 9.36. The molecule has 0 aromatic heterocycles. The molecule has 2 N–H and O–H groups in total. The lowest BCUT2D eigenvalue weighted by Crippen LogP contribution is -2.71. The third-order valence-electron chi connectivity index (χ3n) is 8.58. The van der Waals surface area contributed by atoms with Crippen molar-refractivity contribution in [1.82, 2.24) is 4.90 Å². The number of hydrogen-bond acceptors (Lipinski definition) is 11. The summed E-state index contributed by atoms with van der Waals surface area (Å²) in [6.45, 7) is 7.91. The number of carbonyl (C=O) groups is 4. The number of aliphatic hydroxyl groups excluding tert-OH is 1. The zero-order valence-corrected chi connectivity index (χ0v) is 23.7. The lowest BCUT2D eigenvalue weighted by molar-refractivity contribution is -0.173. The van der Waals surface area contributed by atoms with Crippen LogP contribution in [0.15, 0.2) is 24.0 Å². The molecule has 0 amide bonds. The summed E-state index contributed by atoms with van der Waals surface area (Å²) in [5, 5.41) is 22.3. The fourth-order valence-corrected chi connectivity index (χ4v) is 6.31. The summed E-state index contributed by atoms with van der Waals surface area (Å²) >= 11 is 0. The van der Waals surface area contributed by atoms with Crippen molar-refractivity contribution in [2.24, 2.45) is 0 Å². The molecule has 11 heteroatoms. The second kappa shape index (κ2) is 11.9. The molecule has 1 aromatic rings. The second-order valence-corrected chi connectivity index (χ2v) is 11.0. The highest BCUT2D eigenvalue weighted by molar-refractivity contribution is 5.88. The molecule has 4 rings (SSSR count). The molecular formula is C30H41NO10. The summed E-state index contributed by atoms with van der Waals surface area (Å²) in [7, 11) is 1.95. The Morgan fingerprint density at radius 1 is 1.20 bits per heavy atom. The maximum absolute atomic E-state index is 13.1. The van der Waals surface area contributed by atoms with Crippen LogP contribution in [0.2, 0.25) is 0 Å². The summed E-state index contributed by atoms with van der Waals surface area (Å²) in [5.74, 6) is -2.37. The number of hydrogen-bond donors (Lipinski definition) is 2. The van der Waals surface area contributed by atoms with Crippen molar-refractivity contribution in [3.63, 3.8) is 0 Å². The number of fused-ring (bicyclic) bond motifs is 1. The van der Waals surface area contributed by atoms with E-state index >= 15 is 0 Å². The molecule has 1 aliphatic carbocycles. The van der Waals surface area contributed by atoms with Gasteiger partial charge in [-0.1, -0.05) is 19.6 Å². The molecule has 1 aromatic carbocycles. The van der Waals surface area contributed by atoms with Gasteiger partial charge in [-0.3, -0.25) is 14.4 Å². The highest BCUT2D eigenvalue weighted by Crippen LogP contribution is 2.61. The van der Waals surface area contributed by atoms with E-state index < -0.39 is 59.4 Å². The van der Waals surface area contributed by atoms with Crippen molar-refractivity contribution in [2.45, 2.75) is 103 Å². The third kappa shape index (κ3) is 5.38. The number of Topliss-reactive ketones (excluding diaryl/α,β-unsaturated/α-hetero) is 1. The molecule has 1 spiro atoms. The first-order valence-corrected chi connectivity index (χ1v) is 13.4. The first-order valence-electron chi connectivity index (χ1n) is 13.4. The van der Waals surface area contributed by atoms with Crippen LogP contribution in [-0.2, 0) is 45.4 Å². The van der Waals surface area contributed by atoms with Crippen molar-refractivity contribution >= 4 is 23.7 Å². The number of piperidine rings is 1. The minimum atomic E-state index is -1.34. The molecule has 11 nitrogen and oxygen atoms in total. The van der Waals surface area contributed by atoms with Gasteiger partial charge in [0.25, 0.3) is 0 Å².